The molecule has 26 heavy (non-hydrogen) atoms. The minimum absolute atomic E-state index is 0.438. The Morgan fingerprint density at radius 3 is 2.38 bits per heavy atom. The summed E-state index contributed by atoms with van der Waals surface area (Å²) in [5, 5.41) is 10.6. The number of hydrogen-bond acceptors (Lipinski definition) is 3. The molecule has 0 aromatic heterocycles. The van der Waals surface area contributed by atoms with Crippen LogP contribution in [-0.2, 0) is 4.74 Å². The first-order valence-electron chi connectivity index (χ1n) is 8.46. The highest BCUT2D eigenvalue weighted by Gasteiger charge is 2.12. The lowest BCUT2D eigenvalue weighted by molar-refractivity contribution is 0.220. The van der Waals surface area contributed by atoms with Gasteiger partial charge in [-0.1, -0.05) is 67.2 Å². The van der Waals surface area contributed by atoms with Crippen molar-refractivity contribution in [2.75, 3.05) is 13.7 Å². The molecule has 0 bridgehead atoms. The molecule has 0 radical (unpaired) electrons. The molecule has 132 valence electrons. The fourth-order valence-electron chi connectivity index (χ4n) is 2.80. The average molecular weight is 346 g/mol. The predicted molar refractivity (Wildman–Crippen MR) is 104 cm³/mol. The van der Waals surface area contributed by atoms with E-state index in [4.69, 9.17) is 9.47 Å². The summed E-state index contributed by atoms with van der Waals surface area (Å²) in [7, 11) is 1.64. The summed E-state index contributed by atoms with van der Waals surface area (Å²) in [4.78, 5) is 0. The van der Waals surface area contributed by atoms with Gasteiger partial charge < -0.3 is 14.6 Å². The first kappa shape index (κ1) is 17.9. The van der Waals surface area contributed by atoms with Crippen LogP contribution in [0.15, 0.2) is 85.4 Å². The van der Waals surface area contributed by atoms with Crippen molar-refractivity contribution in [1.82, 2.24) is 0 Å². The molecule has 0 amide bonds. The molecule has 1 unspecified atom stereocenters. The van der Waals surface area contributed by atoms with Crippen molar-refractivity contribution in [3.63, 3.8) is 0 Å². The molecule has 0 heterocycles. The van der Waals surface area contributed by atoms with Crippen LogP contribution < -0.4 is 4.74 Å². The van der Waals surface area contributed by atoms with E-state index in [-0.39, 0.29) is 0 Å². The Labute approximate surface area is 154 Å². The minimum atomic E-state index is -0.696. The normalized spacial score (nSPS) is 11.8. The summed E-state index contributed by atoms with van der Waals surface area (Å²) in [5.74, 6) is 1.37. The topological polar surface area (TPSA) is 38.7 Å². The molecule has 3 aromatic rings. The smallest absolute Gasteiger partial charge is 0.134 e. The number of ether oxygens (including phenoxy) is 2. The highest BCUT2D eigenvalue weighted by Crippen LogP contribution is 2.31. The molecule has 0 fully saturated rings. The quantitative estimate of drug-likeness (QED) is 0.637. The Morgan fingerprint density at radius 1 is 0.923 bits per heavy atom. The third kappa shape index (κ3) is 4.20. The summed E-state index contributed by atoms with van der Waals surface area (Å²) in [6.45, 7) is 4.50. The van der Waals surface area contributed by atoms with Gasteiger partial charge >= 0.3 is 0 Å². The lowest BCUT2D eigenvalue weighted by Gasteiger charge is -2.15. The molecule has 0 saturated heterocycles. The molecular weight excluding hydrogens is 324 g/mol. The minimum Gasteiger partial charge on any atom is -0.457 e. The Hall–Kier alpha value is -2.88. The number of hydrogen-bond donors (Lipinski definition) is 1. The van der Waals surface area contributed by atoms with E-state index < -0.39 is 6.10 Å². The van der Waals surface area contributed by atoms with E-state index in [0.29, 0.717) is 18.1 Å². The zero-order chi connectivity index (χ0) is 18.4. The lowest BCUT2D eigenvalue weighted by Crippen LogP contribution is -2.00. The highest BCUT2D eigenvalue weighted by molar-refractivity contribution is 5.69. The van der Waals surface area contributed by atoms with E-state index in [0.717, 1.165) is 22.3 Å². The molecule has 3 aromatic carbocycles. The Kier molecular flexibility index (Phi) is 5.84. The van der Waals surface area contributed by atoms with Crippen LogP contribution in [-0.4, -0.2) is 18.8 Å². The summed E-state index contributed by atoms with van der Waals surface area (Å²) < 4.78 is 11.3. The van der Waals surface area contributed by atoms with Gasteiger partial charge in [0.15, 0.2) is 0 Å². The van der Waals surface area contributed by atoms with Crippen molar-refractivity contribution < 1.29 is 14.6 Å². The van der Waals surface area contributed by atoms with Gasteiger partial charge in [0.2, 0.25) is 0 Å². The van der Waals surface area contributed by atoms with Gasteiger partial charge in [0, 0.05) is 12.7 Å². The number of rotatable bonds is 7. The predicted octanol–water partition coefficient (Wildman–Crippen LogP) is 5.22. The molecule has 0 aliphatic carbocycles. The summed E-state index contributed by atoms with van der Waals surface area (Å²) >= 11 is 0. The number of benzene rings is 3. The van der Waals surface area contributed by atoms with E-state index in [9.17, 15) is 5.11 Å². The van der Waals surface area contributed by atoms with E-state index >= 15 is 0 Å². The van der Waals surface area contributed by atoms with E-state index in [1.165, 1.54) is 0 Å². The summed E-state index contributed by atoms with van der Waals surface area (Å²) in [5.41, 5.74) is 3.38. The molecule has 3 heteroatoms. The van der Waals surface area contributed by atoms with Gasteiger partial charge in [0.05, 0.1) is 6.61 Å². The maximum Gasteiger partial charge on any atom is 0.134 e. The third-order valence-corrected chi connectivity index (χ3v) is 4.10. The Balaban J connectivity index is 1.85. The molecule has 0 aliphatic rings. The zero-order valence-corrected chi connectivity index (χ0v) is 14.8. The monoisotopic (exact) mass is 346 g/mol. The van der Waals surface area contributed by atoms with Crippen LogP contribution in [0.1, 0.15) is 22.8 Å². The van der Waals surface area contributed by atoms with Crippen LogP contribution in [0.4, 0.5) is 0 Å². The van der Waals surface area contributed by atoms with Gasteiger partial charge in [0.1, 0.15) is 17.6 Å². The van der Waals surface area contributed by atoms with Crippen LogP contribution in [0, 0.1) is 0 Å². The van der Waals surface area contributed by atoms with E-state index in [2.05, 4.69) is 6.58 Å². The van der Waals surface area contributed by atoms with Crippen LogP contribution in [0.5, 0.6) is 11.5 Å². The second-order valence-electron chi connectivity index (χ2n) is 6.02. The van der Waals surface area contributed by atoms with Crippen molar-refractivity contribution in [3.05, 3.63) is 102 Å². The second kappa shape index (κ2) is 8.48. The maximum absolute atomic E-state index is 10.6. The first-order valence-corrected chi connectivity index (χ1v) is 8.46. The second-order valence-corrected chi connectivity index (χ2v) is 6.02. The van der Waals surface area contributed by atoms with Crippen molar-refractivity contribution >= 4 is 5.57 Å². The average Bonchev–Trinajstić information content (AvgIpc) is 2.69. The van der Waals surface area contributed by atoms with Crippen molar-refractivity contribution in [2.45, 2.75) is 6.10 Å². The number of aliphatic hydroxyl groups is 1. The van der Waals surface area contributed by atoms with Gasteiger partial charge in [-0.2, -0.15) is 0 Å². The van der Waals surface area contributed by atoms with Crippen LogP contribution >= 0.6 is 0 Å². The third-order valence-electron chi connectivity index (χ3n) is 4.10. The number of aliphatic hydroxyl groups excluding tert-OH is 1. The molecule has 3 nitrogen and oxygen atoms in total. The number of methoxy groups -OCH3 is 1. The van der Waals surface area contributed by atoms with Gasteiger partial charge in [-0.15, -0.1) is 0 Å². The van der Waals surface area contributed by atoms with Crippen molar-refractivity contribution in [1.29, 1.82) is 0 Å². The fourth-order valence-corrected chi connectivity index (χ4v) is 2.80. The van der Waals surface area contributed by atoms with Crippen molar-refractivity contribution in [2.24, 2.45) is 0 Å². The Morgan fingerprint density at radius 2 is 1.62 bits per heavy atom. The van der Waals surface area contributed by atoms with Crippen LogP contribution in [0.25, 0.3) is 5.57 Å². The molecule has 3 rings (SSSR count). The summed E-state index contributed by atoms with van der Waals surface area (Å²) in [6.07, 6.45) is -0.696. The molecule has 1 atom stereocenters. The van der Waals surface area contributed by atoms with Crippen LogP contribution in [0.3, 0.4) is 0 Å². The zero-order valence-electron chi connectivity index (χ0n) is 14.8. The SMILES string of the molecule is C=C(COC)c1ccccc1Oc1cccc(C(O)c2ccccc2)c1. The summed E-state index contributed by atoms with van der Waals surface area (Å²) in [6, 6.07) is 24.8. The molecule has 0 aliphatic heterocycles. The van der Waals surface area contributed by atoms with Gasteiger partial charge in [-0.25, -0.2) is 0 Å². The van der Waals surface area contributed by atoms with Crippen LogP contribution in [0.2, 0.25) is 0 Å². The van der Waals surface area contributed by atoms with Gasteiger partial charge in [-0.3, -0.25) is 0 Å². The molecular formula is C23H22O3. The fraction of sp³-hybridized carbons (Fsp3) is 0.130. The van der Waals surface area contributed by atoms with Gasteiger partial charge in [-0.05, 0) is 34.9 Å². The maximum atomic E-state index is 10.6. The first-order chi connectivity index (χ1) is 12.7. The largest absolute Gasteiger partial charge is 0.457 e. The number of para-hydroxylation sites is 1. The van der Waals surface area contributed by atoms with E-state index in [1.807, 2.05) is 78.9 Å². The Bertz CT molecular complexity index is 871. The lowest BCUT2D eigenvalue weighted by atomic mass is 10.0. The van der Waals surface area contributed by atoms with E-state index in [1.54, 1.807) is 7.11 Å². The highest BCUT2D eigenvalue weighted by atomic mass is 16.5. The van der Waals surface area contributed by atoms with Gasteiger partial charge in [0.25, 0.3) is 0 Å². The molecule has 1 N–H and O–H groups in total. The van der Waals surface area contributed by atoms with Crippen molar-refractivity contribution in [3.8, 4) is 11.5 Å². The standard InChI is InChI=1S/C23H22O3/c1-17(16-25-2)21-13-6-7-14-22(21)26-20-12-8-11-19(15-20)23(24)18-9-4-3-5-10-18/h3-15,23-24H,1,16H2,2H3. The molecule has 0 saturated carbocycles. The molecule has 0 spiro atoms.